The van der Waals surface area contributed by atoms with Gasteiger partial charge in [0.05, 0.1) is 11.3 Å². The van der Waals surface area contributed by atoms with Crippen LogP contribution < -0.4 is 4.90 Å². The van der Waals surface area contributed by atoms with E-state index >= 15 is 0 Å². The van der Waals surface area contributed by atoms with Crippen molar-refractivity contribution >= 4 is 34.8 Å². The highest BCUT2D eigenvalue weighted by Crippen LogP contribution is 2.47. The van der Waals surface area contributed by atoms with Gasteiger partial charge in [0.2, 0.25) is 0 Å². The van der Waals surface area contributed by atoms with Crippen molar-refractivity contribution in [2.45, 2.75) is 46.7 Å². The van der Waals surface area contributed by atoms with Crippen LogP contribution in [0.25, 0.3) is 11.4 Å². The van der Waals surface area contributed by atoms with Crippen LogP contribution in [0, 0.1) is 20.8 Å². The lowest BCUT2D eigenvalue weighted by Crippen LogP contribution is -2.31. The van der Waals surface area contributed by atoms with Crippen molar-refractivity contribution < 1.29 is 9.90 Å². The molecule has 36 heavy (non-hydrogen) atoms. The molecule has 1 amide bonds. The van der Waals surface area contributed by atoms with Crippen LogP contribution in [0.4, 0.5) is 5.69 Å². The lowest BCUT2D eigenvalue weighted by molar-refractivity contribution is 0.0989. The molecule has 4 aromatic rings. The Balaban J connectivity index is 1.84. The maximum Gasteiger partial charge on any atom is 0.279 e. The highest BCUT2D eigenvalue weighted by molar-refractivity contribution is 6.31. The molecule has 1 atom stereocenters. The molecule has 0 saturated carbocycles. The number of rotatable bonds is 4. The number of imidazole rings is 1. The van der Waals surface area contributed by atoms with Gasteiger partial charge in [-0.15, -0.1) is 0 Å². The smallest absolute Gasteiger partial charge is 0.279 e. The maximum atomic E-state index is 14.1. The monoisotopic (exact) mass is 519 g/mol. The first-order chi connectivity index (χ1) is 17.1. The fraction of sp³-hybridized carbons (Fsp3) is 0.241. The molecule has 1 aromatic heterocycles. The second-order valence-corrected chi connectivity index (χ2v) is 10.5. The molecule has 1 unspecified atom stereocenters. The van der Waals surface area contributed by atoms with Crippen LogP contribution in [0.1, 0.15) is 64.4 Å². The maximum absolute atomic E-state index is 14.1. The molecule has 0 saturated heterocycles. The molecule has 5 rings (SSSR count). The average Bonchev–Trinajstić information content (AvgIpc) is 3.33. The predicted octanol–water partition coefficient (Wildman–Crippen LogP) is 7.82. The van der Waals surface area contributed by atoms with Crippen LogP contribution >= 0.6 is 23.2 Å². The summed E-state index contributed by atoms with van der Waals surface area (Å²) in [6, 6.07) is 16.2. The summed E-state index contributed by atoms with van der Waals surface area (Å²) in [6.45, 7) is 10.0. The van der Waals surface area contributed by atoms with Gasteiger partial charge >= 0.3 is 0 Å². The summed E-state index contributed by atoms with van der Waals surface area (Å²) >= 11 is 12.7. The first kappa shape index (κ1) is 24.4. The zero-order valence-electron chi connectivity index (χ0n) is 20.8. The SMILES string of the molecule is Cc1ccc(O)c(-c2nc3c(n2C(C)C)C(c2ccc(Cl)cc2C)N(c2cc(Cl)ccc2C)C3=O)c1. The highest BCUT2D eigenvalue weighted by atomic mass is 35.5. The standard InChI is InChI=1S/C29H27Cl2N3O2/c1-15(2)33-27-25(32-28(33)22-12-16(3)6-11-24(22)35)29(36)34(23-14-20(31)8-7-17(23)4)26(27)21-10-9-19(30)13-18(21)5/h6-15,26,35H,1-5H3. The van der Waals surface area contributed by atoms with Crippen molar-refractivity contribution in [2.75, 3.05) is 4.90 Å². The highest BCUT2D eigenvalue weighted by Gasteiger charge is 2.45. The van der Waals surface area contributed by atoms with E-state index in [1.54, 1.807) is 11.0 Å². The number of aromatic nitrogens is 2. The molecule has 0 radical (unpaired) electrons. The molecule has 5 nitrogen and oxygen atoms in total. The number of aryl methyl sites for hydroxylation is 3. The molecule has 0 spiro atoms. The van der Waals surface area contributed by atoms with E-state index in [-0.39, 0.29) is 17.7 Å². The number of fused-ring (bicyclic) bond motifs is 1. The Morgan fingerprint density at radius 1 is 0.917 bits per heavy atom. The summed E-state index contributed by atoms with van der Waals surface area (Å²) in [6.07, 6.45) is 0. The average molecular weight is 520 g/mol. The Hall–Kier alpha value is -3.28. The Morgan fingerprint density at radius 3 is 2.31 bits per heavy atom. The van der Waals surface area contributed by atoms with Crippen LogP contribution in [0.5, 0.6) is 5.75 Å². The molecule has 1 N–H and O–H groups in total. The van der Waals surface area contributed by atoms with E-state index in [0.29, 0.717) is 27.1 Å². The Bertz CT molecular complexity index is 1520. The lowest BCUT2D eigenvalue weighted by atomic mass is 9.97. The van der Waals surface area contributed by atoms with Gasteiger partial charge in [0.15, 0.2) is 5.69 Å². The fourth-order valence-corrected chi connectivity index (χ4v) is 5.48. The van der Waals surface area contributed by atoms with E-state index < -0.39 is 6.04 Å². The van der Waals surface area contributed by atoms with Gasteiger partial charge < -0.3 is 9.67 Å². The van der Waals surface area contributed by atoms with Crippen molar-refractivity contribution in [3.8, 4) is 17.1 Å². The van der Waals surface area contributed by atoms with Crippen molar-refractivity contribution in [2.24, 2.45) is 0 Å². The molecule has 1 aliphatic heterocycles. The first-order valence-corrected chi connectivity index (χ1v) is 12.6. The van der Waals surface area contributed by atoms with Crippen molar-refractivity contribution in [1.29, 1.82) is 0 Å². The Labute approximate surface area is 220 Å². The first-order valence-electron chi connectivity index (χ1n) is 11.9. The van der Waals surface area contributed by atoms with Crippen molar-refractivity contribution in [1.82, 2.24) is 9.55 Å². The normalized spacial score (nSPS) is 15.2. The molecule has 0 aliphatic carbocycles. The predicted molar refractivity (Wildman–Crippen MR) is 145 cm³/mol. The van der Waals surface area contributed by atoms with Crippen LogP contribution in [-0.2, 0) is 0 Å². The van der Waals surface area contributed by atoms with Gasteiger partial charge in [-0.25, -0.2) is 4.98 Å². The zero-order chi connectivity index (χ0) is 25.9. The van der Waals surface area contributed by atoms with Gasteiger partial charge in [0, 0.05) is 21.8 Å². The van der Waals surface area contributed by atoms with Gasteiger partial charge in [-0.3, -0.25) is 9.69 Å². The van der Waals surface area contributed by atoms with Gasteiger partial charge in [0.1, 0.15) is 17.6 Å². The van der Waals surface area contributed by atoms with Crippen LogP contribution in [0.15, 0.2) is 54.6 Å². The van der Waals surface area contributed by atoms with E-state index in [0.717, 1.165) is 33.6 Å². The summed E-state index contributed by atoms with van der Waals surface area (Å²) in [5.74, 6) is 0.492. The summed E-state index contributed by atoms with van der Waals surface area (Å²) in [5, 5.41) is 11.9. The molecule has 184 valence electrons. The number of nitrogens with zero attached hydrogens (tertiary/aromatic N) is 3. The minimum Gasteiger partial charge on any atom is -0.507 e. The minimum atomic E-state index is -0.447. The van der Waals surface area contributed by atoms with E-state index in [1.165, 1.54) is 0 Å². The van der Waals surface area contributed by atoms with Crippen LogP contribution in [-0.4, -0.2) is 20.6 Å². The third-order valence-electron chi connectivity index (χ3n) is 6.75. The number of carbonyl (C=O) groups excluding carboxylic acids is 1. The topological polar surface area (TPSA) is 58.4 Å². The lowest BCUT2D eigenvalue weighted by Gasteiger charge is -2.30. The number of anilines is 1. The number of phenols is 1. The number of halogens is 2. The number of aromatic hydroxyl groups is 1. The number of hydrogen-bond acceptors (Lipinski definition) is 3. The zero-order valence-corrected chi connectivity index (χ0v) is 22.3. The fourth-order valence-electron chi connectivity index (χ4n) is 5.08. The minimum absolute atomic E-state index is 0.0283. The molecule has 0 bridgehead atoms. The van der Waals surface area contributed by atoms with Gasteiger partial charge in [-0.2, -0.15) is 0 Å². The third-order valence-corrected chi connectivity index (χ3v) is 7.22. The van der Waals surface area contributed by atoms with Crippen LogP contribution in [0.2, 0.25) is 10.0 Å². The summed E-state index contributed by atoms with van der Waals surface area (Å²) < 4.78 is 2.07. The van der Waals surface area contributed by atoms with Crippen molar-refractivity contribution in [3.05, 3.63) is 98.3 Å². The van der Waals surface area contributed by atoms with Gasteiger partial charge in [-0.05, 0) is 87.7 Å². The quantitative estimate of drug-likeness (QED) is 0.299. The molecule has 3 aromatic carbocycles. The number of benzene rings is 3. The van der Waals surface area contributed by atoms with E-state index in [4.69, 9.17) is 28.2 Å². The Kier molecular flexibility index (Phi) is 6.09. The largest absolute Gasteiger partial charge is 0.507 e. The summed E-state index contributed by atoms with van der Waals surface area (Å²) in [4.78, 5) is 20.8. The van der Waals surface area contributed by atoms with E-state index in [9.17, 15) is 9.90 Å². The summed E-state index contributed by atoms with van der Waals surface area (Å²) in [5.41, 5.74) is 6.34. The number of hydrogen-bond donors (Lipinski definition) is 1. The second kappa shape index (κ2) is 8.99. The number of carbonyl (C=O) groups is 1. The molecular formula is C29H27Cl2N3O2. The third kappa shape index (κ3) is 3.87. The van der Waals surface area contributed by atoms with E-state index in [2.05, 4.69) is 18.4 Å². The van der Waals surface area contributed by atoms with Gasteiger partial charge in [-0.1, -0.05) is 47.0 Å². The Morgan fingerprint density at radius 2 is 1.61 bits per heavy atom. The molecule has 2 heterocycles. The van der Waals surface area contributed by atoms with Crippen LogP contribution in [0.3, 0.4) is 0 Å². The number of amides is 1. The molecular weight excluding hydrogens is 493 g/mol. The van der Waals surface area contributed by atoms with Crippen molar-refractivity contribution in [3.63, 3.8) is 0 Å². The second-order valence-electron chi connectivity index (χ2n) is 9.66. The summed E-state index contributed by atoms with van der Waals surface area (Å²) in [7, 11) is 0. The van der Waals surface area contributed by atoms with E-state index in [1.807, 2.05) is 69.3 Å². The molecule has 7 heteroatoms. The molecule has 1 aliphatic rings. The number of phenolic OH excluding ortho intramolecular Hbond substituents is 1. The molecule has 0 fully saturated rings. The van der Waals surface area contributed by atoms with Gasteiger partial charge in [0.25, 0.3) is 5.91 Å².